The first-order valence-electron chi connectivity index (χ1n) is 10.4. The fourth-order valence-electron chi connectivity index (χ4n) is 3.05. The summed E-state index contributed by atoms with van der Waals surface area (Å²) in [6.07, 6.45) is 3.18. The lowest BCUT2D eigenvalue weighted by Crippen LogP contribution is -2.48. The van der Waals surface area contributed by atoms with Gasteiger partial charge in [-0.25, -0.2) is 4.79 Å². The Balaban J connectivity index is 4.98. The Morgan fingerprint density at radius 2 is 1.81 bits per heavy atom. The molecule has 1 unspecified atom stereocenters. The second-order valence-corrected chi connectivity index (χ2v) is 7.45. The zero-order chi connectivity index (χ0) is 20.7. The molecule has 0 fully saturated rings. The number of ether oxygens (including phenoxy) is 1. The molecule has 0 heterocycles. The van der Waals surface area contributed by atoms with Crippen molar-refractivity contribution in [1.29, 1.82) is 0 Å². The number of aliphatic imine (C=N–C) groups is 1. The van der Waals surface area contributed by atoms with E-state index in [1.807, 2.05) is 6.92 Å². The van der Waals surface area contributed by atoms with Crippen molar-refractivity contribution in [3.63, 3.8) is 0 Å². The van der Waals surface area contributed by atoms with Crippen molar-refractivity contribution in [3.05, 3.63) is 0 Å². The highest BCUT2D eigenvalue weighted by molar-refractivity contribution is 5.79. The van der Waals surface area contributed by atoms with Gasteiger partial charge in [-0.05, 0) is 50.9 Å². The fraction of sp³-hybridized carbons (Fsp3) is 0.900. The molecule has 4 N–H and O–H groups in total. The van der Waals surface area contributed by atoms with E-state index in [1.165, 1.54) is 0 Å². The summed E-state index contributed by atoms with van der Waals surface area (Å²) in [5.74, 6) is 1.19. The number of carbonyl (C=O) groups excluding carboxylic acids is 1. The average Bonchev–Trinajstić information content (AvgIpc) is 2.62. The maximum Gasteiger partial charge on any atom is 0.407 e. The number of carbonyl (C=O) groups is 1. The van der Waals surface area contributed by atoms with Gasteiger partial charge in [-0.2, -0.15) is 0 Å². The summed E-state index contributed by atoms with van der Waals surface area (Å²) in [4.78, 5) is 16.5. The molecular weight excluding hydrogens is 344 g/mol. The maximum atomic E-state index is 11.8. The van der Waals surface area contributed by atoms with Gasteiger partial charge in [0.2, 0.25) is 0 Å². The summed E-state index contributed by atoms with van der Waals surface area (Å²) in [6.45, 7) is 14.9. The standard InChI is InChI=1S/C20H42N4O3/c1-7-20(8-2,11-12-25)15-23-18(21-9-3)22-14-17(13-16(5)6)24-19(26)27-10-4/h16-17,25H,7-15H2,1-6H3,(H,24,26)(H2,21,22,23). The van der Waals surface area contributed by atoms with Crippen LogP contribution in [0.3, 0.4) is 0 Å². The normalized spacial score (nSPS) is 13.4. The maximum absolute atomic E-state index is 11.8. The average molecular weight is 387 g/mol. The molecule has 0 aliphatic heterocycles. The molecule has 0 aliphatic rings. The van der Waals surface area contributed by atoms with Crippen molar-refractivity contribution in [2.75, 3.05) is 32.8 Å². The van der Waals surface area contributed by atoms with E-state index in [0.717, 1.165) is 38.2 Å². The van der Waals surface area contributed by atoms with Crippen LogP contribution in [-0.2, 0) is 4.74 Å². The minimum Gasteiger partial charge on any atom is -0.450 e. The Labute approximate surface area is 165 Å². The number of hydrogen-bond donors (Lipinski definition) is 4. The van der Waals surface area contributed by atoms with E-state index >= 15 is 0 Å². The molecule has 0 rings (SSSR count). The molecule has 27 heavy (non-hydrogen) atoms. The number of aliphatic hydroxyl groups excluding tert-OH is 1. The quantitative estimate of drug-likeness (QED) is 0.288. The van der Waals surface area contributed by atoms with E-state index in [9.17, 15) is 9.90 Å². The van der Waals surface area contributed by atoms with Crippen LogP contribution in [0.2, 0.25) is 0 Å². The Hall–Kier alpha value is -1.50. The van der Waals surface area contributed by atoms with Gasteiger partial charge in [-0.3, -0.25) is 4.99 Å². The van der Waals surface area contributed by atoms with Gasteiger partial charge in [0.25, 0.3) is 0 Å². The van der Waals surface area contributed by atoms with Crippen molar-refractivity contribution in [2.24, 2.45) is 16.3 Å². The van der Waals surface area contributed by atoms with E-state index in [1.54, 1.807) is 6.92 Å². The number of hydrogen-bond acceptors (Lipinski definition) is 4. The Morgan fingerprint density at radius 1 is 1.15 bits per heavy atom. The van der Waals surface area contributed by atoms with Gasteiger partial charge in [0, 0.05) is 32.3 Å². The molecular formula is C20H42N4O3. The number of aliphatic hydroxyl groups is 1. The molecule has 0 saturated heterocycles. The van der Waals surface area contributed by atoms with Crippen LogP contribution < -0.4 is 16.0 Å². The number of nitrogens with one attached hydrogen (secondary N) is 3. The molecule has 0 saturated carbocycles. The molecule has 0 radical (unpaired) electrons. The summed E-state index contributed by atoms with van der Waals surface area (Å²) in [7, 11) is 0. The molecule has 0 aromatic rings. The van der Waals surface area contributed by atoms with E-state index in [4.69, 9.17) is 9.73 Å². The first kappa shape index (κ1) is 25.5. The van der Waals surface area contributed by atoms with Crippen LogP contribution in [0.4, 0.5) is 4.79 Å². The molecule has 1 amide bonds. The van der Waals surface area contributed by atoms with E-state index in [-0.39, 0.29) is 24.2 Å². The Bertz CT molecular complexity index is 423. The smallest absolute Gasteiger partial charge is 0.407 e. The highest BCUT2D eigenvalue weighted by Crippen LogP contribution is 2.30. The number of amides is 1. The van der Waals surface area contributed by atoms with Crippen LogP contribution in [-0.4, -0.2) is 56.0 Å². The predicted molar refractivity (Wildman–Crippen MR) is 112 cm³/mol. The lowest BCUT2D eigenvalue weighted by molar-refractivity contribution is 0.146. The Kier molecular flexibility index (Phi) is 13.7. The zero-order valence-electron chi connectivity index (χ0n) is 18.2. The third-order valence-corrected chi connectivity index (χ3v) is 4.93. The highest BCUT2D eigenvalue weighted by Gasteiger charge is 2.25. The fourth-order valence-corrected chi connectivity index (χ4v) is 3.05. The summed E-state index contributed by atoms with van der Waals surface area (Å²) < 4.78 is 5.01. The van der Waals surface area contributed by atoms with E-state index in [2.05, 4.69) is 43.6 Å². The number of guanidine groups is 1. The lowest BCUT2D eigenvalue weighted by Gasteiger charge is -2.29. The van der Waals surface area contributed by atoms with Crippen LogP contribution in [0.1, 0.15) is 67.2 Å². The Morgan fingerprint density at radius 3 is 2.30 bits per heavy atom. The van der Waals surface area contributed by atoms with Gasteiger partial charge in [0.1, 0.15) is 0 Å². The largest absolute Gasteiger partial charge is 0.450 e. The van der Waals surface area contributed by atoms with Gasteiger partial charge < -0.3 is 25.8 Å². The van der Waals surface area contributed by atoms with Crippen LogP contribution in [0, 0.1) is 11.3 Å². The number of alkyl carbamates (subject to hydrolysis) is 1. The van der Waals surface area contributed by atoms with Gasteiger partial charge in [-0.15, -0.1) is 0 Å². The second kappa shape index (κ2) is 14.5. The highest BCUT2D eigenvalue weighted by atomic mass is 16.5. The minimum atomic E-state index is -0.384. The lowest BCUT2D eigenvalue weighted by atomic mass is 9.79. The number of nitrogens with zero attached hydrogens (tertiary/aromatic N) is 1. The molecule has 0 aliphatic carbocycles. The minimum absolute atomic E-state index is 0.0254. The summed E-state index contributed by atoms with van der Waals surface area (Å²) >= 11 is 0. The SMILES string of the molecule is CCNC(=NCC(CC)(CC)CCO)NCC(CC(C)C)NC(=O)OCC. The molecule has 7 nitrogen and oxygen atoms in total. The van der Waals surface area contributed by atoms with Crippen LogP contribution >= 0.6 is 0 Å². The van der Waals surface area contributed by atoms with E-state index in [0.29, 0.717) is 25.6 Å². The van der Waals surface area contributed by atoms with Crippen molar-refractivity contribution in [2.45, 2.75) is 73.3 Å². The van der Waals surface area contributed by atoms with Gasteiger partial charge in [-0.1, -0.05) is 27.7 Å². The van der Waals surface area contributed by atoms with Crippen molar-refractivity contribution >= 4 is 12.1 Å². The summed E-state index contributed by atoms with van der Waals surface area (Å²) in [5, 5.41) is 18.9. The predicted octanol–water partition coefficient (Wildman–Crippen LogP) is 2.89. The third-order valence-electron chi connectivity index (χ3n) is 4.93. The molecule has 0 aromatic heterocycles. The molecule has 160 valence electrons. The second-order valence-electron chi connectivity index (χ2n) is 7.45. The van der Waals surface area contributed by atoms with Crippen molar-refractivity contribution < 1.29 is 14.6 Å². The van der Waals surface area contributed by atoms with Gasteiger partial charge in [0.15, 0.2) is 5.96 Å². The first-order valence-corrected chi connectivity index (χ1v) is 10.4. The van der Waals surface area contributed by atoms with Crippen LogP contribution in [0.25, 0.3) is 0 Å². The van der Waals surface area contributed by atoms with Crippen molar-refractivity contribution in [3.8, 4) is 0 Å². The van der Waals surface area contributed by atoms with Gasteiger partial charge >= 0.3 is 6.09 Å². The third kappa shape index (κ3) is 11.1. The molecule has 1 atom stereocenters. The number of rotatable bonds is 13. The van der Waals surface area contributed by atoms with Crippen LogP contribution in [0.5, 0.6) is 0 Å². The molecule has 0 aromatic carbocycles. The molecule has 0 bridgehead atoms. The van der Waals surface area contributed by atoms with Crippen LogP contribution in [0.15, 0.2) is 4.99 Å². The molecule has 7 heteroatoms. The topological polar surface area (TPSA) is 95.0 Å². The summed E-state index contributed by atoms with van der Waals surface area (Å²) in [5.41, 5.74) is 0.0254. The first-order chi connectivity index (χ1) is 12.9. The monoisotopic (exact) mass is 386 g/mol. The summed E-state index contributed by atoms with van der Waals surface area (Å²) in [6, 6.07) is -0.0348. The van der Waals surface area contributed by atoms with E-state index < -0.39 is 0 Å². The van der Waals surface area contributed by atoms with Gasteiger partial charge in [0.05, 0.1) is 6.61 Å². The zero-order valence-corrected chi connectivity index (χ0v) is 18.2. The molecule has 0 spiro atoms. The van der Waals surface area contributed by atoms with Crippen molar-refractivity contribution in [1.82, 2.24) is 16.0 Å².